The molecule has 1 aliphatic rings. The van der Waals surface area contributed by atoms with Crippen LogP contribution in [0.1, 0.15) is 27.2 Å². The molecule has 0 aromatic carbocycles. The van der Waals surface area contributed by atoms with E-state index in [-0.39, 0.29) is 0 Å². The van der Waals surface area contributed by atoms with Gasteiger partial charge >= 0.3 is 17.8 Å². The topological polar surface area (TPSA) is 86.7 Å². The third-order valence-electron chi connectivity index (χ3n) is 2.63. The normalized spacial score (nSPS) is 22.4. The molecule has 6 nitrogen and oxygen atoms in total. The van der Waals surface area contributed by atoms with E-state index < -0.39 is 57.6 Å². The average Bonchev–Trinajstić information content (AvgIpc) is 2.65. The van der Waals surface area contributed by atoms with Crippen molar-refractivity contribution >= 4 is 21.9 Å². The zero-order valence-electron chi connectivity index (χ0n) is 11.9. The molecule has 1 heterocycles. The number of ketones is 1. The van der Waals surface area contributed by atoms with E-state index in [1.54, 1.807) is 0 Å². The van der Waals surface area contributed by atoms with Crippen molar-refractivity contribution in [3.8, 4) is 0 Å². The second-order valence-electron chi connectivity index (χ2n) is 5.61. The van der Waals surface area contributed by atoms with Crippen LogP contribution in [0.3, 0.4) is 0 Å². The minimum Gasteiger partial charge on any atom is -0.455 e. The van der Waals surface area contributed by atoms with Crippen molar-refractivity contribution in [2.45, 2.75) is 49.9 Å². The fourth-order valence-corrected chi connectivity index (χ4v) is 2.88. The van der Waals surface area contributed by atoms with Gasteiger partial charge in [-0.25, -0.2) is 4.79 Å². The van der Waals surface area contributed by atoms with Crippen molar-refractivity contribution in [2.75, 3.05) is 6.61 Å². The molecule has 1 unspecified atom stereocenters. The van der Waals surface area contributed by atoms with Gasteiger partial charge in [0.1, 0.15) is 5.60 Å². The predicted octanol–water partition coefficient (Wildman–Crippen LogP) is 1.29. The molecule has 0 N–H and O–H groups in total. The molecule has 0 aliphatic carbocycles. The first kappa shape index (κ1) is 18.8. The molecule has 0 amide bonds. The highest BCUT2D eigenvalue weighted by Crippen LogP contribution is 2.40. The summed E-state index contributed by atoms with van der Waals surface area (Å²) in [5.74, 6) is -16.3. The molecule has 1 rings (SSSR count). The van der Waals surface area contributed by atoms with Gasteiger partial charge in [-0.3, -0.25) is 8.98 Å². The lowest BCUT2D eigenvalue weighted by molar-refractivity contribution is -0.231. The number of rotatable bonds is 4. The highest BCUT2D eigenvalue weighted by atomic mass is 32.2. The van der Waals surface area contributed by atoms with E-state index >= 15 is 0 Å². The third-order valence-corrected chi connectivity index (χ3v) is 4.27. The molecule has 0 saturated carbocycles. The highest BCUT2D eigenvalue weighted by Gasteiger charge is 2.70. The van der Waals surface area contributed by atoms with Crippen molar-refractivity contribution in [1.82, 2.24) is 0 Å². The maximum Gasteiger partial charge on any atom is 0.411 e. The Labute approximate surface area is 123 Å². The van der Waals surface area contributed by atoms with E-state index in [1.807, 2.05) is 0 Å². The van der Waals surface area contributed by atoms with Gasteiger partial charge in [0.05, 0.1) is 6.61 Å². The Morgan fingerprint density at radius 3 is 1.95 bits per heavy atom. The van der Waals surface area contributed by atoms with Crippen LogP contribution in [0.15, 0.2) is 0 Å². The van der Waals surface area contributed by atoms with Crippen LogP contribution in [-0.4, -0.2) is 49.5 Å². The summed E-state index contributed by atoms with van der Waals surface area (Å²) in [4.78, 5) is 22.7. The van der Waals surface area contributed by atoms with Gasteiger partial charge in [-0.1, -0.05) is 0 Å². The molecule has 11 heteroatoms. The van der Waals surface area contributed by atoms with E-state index in [2.05, 4.69) is 8.92 Å². The maximum atomic E-state index is 13.7. The highest BCUT2D eigenvalue weighted by molar-refractivity contribution is 7.88. The number of esters is 1. The molecule has 0 aromatic rings. The number of hydrogen-bond acceptors (Lipinski definition) is 6. The van der Waals surface area contributed by atoms with E-state index in [0.29, 0.717) is 0 Å². The fourth-order valence-electron chi connectivity index (χ4n) is 1.59. The Balaban J connectivity index is 3.10. The van der Waals surface area contributed by atoms with Gasteiger partial charge in [0.15, 0.2) is 5.25 Å². The Morgan fingerprint density at radius 2 is 1.59 bits per heavy atom. The third kappa shape index (κ3) is 3.40. The fraction of sp³-hybridized carbons (Fsp3) is 0.818. The number of hydrogen-bond donors (Lipinski definition) is 0. The molecule has 0 spiro atoms. The van der Waals surface area contributed by atoms with Crippen molar-refractivity contribution in [3.63, 3.8) is 0 Å². The summed E-state index contributed by atoms with van der Waals surface area (Å²) in [6, 6.07) is 0. The molecule has 0 radical (unpaired) electrons. The van der Waals surface area contributed by atoms with Crippen molar-refractivity contribution < 1.29 is 44.5 Å². The Bertz CT molecular complexity index is 578. The van der Waals surface area contributed by atoms with Gasteiger partial charge in [0.25, 0.3) is 10.1 Å². The first-order valence-electron chi connectivity index (χ1n) is 6.04. The smallest absolute Gasteiger partial charge is 0.411 e. The van der Waals surface area contributed by atoms with Gasteiger partial charge in [-0.15, -0.1) is 0 Å². The lowest BCUT2D eigenvalue weighted by Gasteiger charge is -2.28. The minimum atomic E-state index is -5.54. The van der Waals surface area contributed by atoms with Crippen LogP contribution in [0.25, 0.3) is 0 Å². The second-order valence-corrected chi connectivity index (χ2v) is 7.40. The van der Waals surface area contributed by atoms with Gasteiger partial charge in [0.2, 0.25) is 5.78 Å². The summed E-state index contributed by atoms with van der Waals surface area (Å²) in [7, 11) is -4.71. The van der Waals surface area contributed by atoms with Crippen LogP contribution in [0.5, 0.6) is 0 Å². The van der Waals surface area contributed by atoms with E-state index in [4.69, 9.17) is 0 Å². The van der Waals surface area contributed by atoms with Crippen LogP contribution in [0, 0.1) is 0 Å². The summed E-state index contributed by atoms with van der Waals surface area (Å²) >= 11 is 0. The van der Waals surface area contributed by atoms with Gasteiger partial charge in [-0.2, -0.15) is 26.0 Å². The number of ether oxygens (including phenoxy) is 1. The number of alkyl halides is 4. The van der Waals surface area contributed by atoms with Crippen LogP contribution < -0.4 is 0 Å². The molecule has 22 heavy (non-hydrogen) atoms. The Hall–Kier alpha value is -1.23. The molecule has 0 aromatic heterocycles. The zero-order chi connectivity index (χ0) is 17.6. The summed E-state index contributed by atoms with van der Waals surface area (Å²) in [5, 5.41) is -2.45. The molecule has 1 saturated heterocycles. The van der Waals surface area contributed by atoms with E-state index in [1.165, 1.54) is 0 Å². The second kappa shape index (κ2) is 5.44. The van der Waals surface area contributed by atoms with Crippen molar-refractivity contribution in [1.29, 1.82) is 0 Å². The molecule has 1 fully saturated rings. The number of carbonyl (C=O) groups excluding carboxylic acids is 2. The molecular formula is C11H14F4O6S. The van der Waals surface area contributed by atoms with Crippen LogP contribution in [0.2, 0.25) is 0 Å². The quantitative estimate of drug-likeness (QED) is 0.431. The number of Topliss-reactive ketones (excluding diaryl/α,β-unsaturated/α-hetero) is 1. The van der Waals surface area contributed by atoms with Gasteiger partial charge in [0, 0.05) is 0 Å². The Kier molecular flexibility index (Phi) is 4.66. The number of halogens is 4. The first-order valence-corrected chi connectivity index (χ1v) is 7.52. The molecule has 128 valence electrons. The Morgan fingerprint density at radius 1 is 1.09 bits per heavy atom. The minimum absolute atomic E-state index is 0.577. The van der Waals surface area contributed by atoms with E-state index in [0.717, 1.165) is 20.8 Å². The largest absolute Gasteiger partial charge is 0.455 e. The lowest BCUT2D eigenvalue weighted by atomic mass is 10.0. The summed E-state index contributed by atoms with van der Waals surface area (Å²) in [6.07, 6.45) is -0.693. The van der Waals surface area contributed by atoms with Crippen molar-refractivity contribution in [2.24, 2.45) is 0 Å². The van der Waals surface area contributed by atoms with Crippen molar-refractivity contribution in [3.05, 3.63) is 0 Å². The standard InChI is InChI=1S/C11H14F4O6S/c1-9(2,3)21-8(17)11(14,15)10(12,13)7(16)6-4-5-20-22(6,18)19/h6H,4-5H2,1-3H3. The zero-order valence-corrected chi connectivity index (χ0v) is 12.7. The number of carbonyl (C=O) groups is 2. The molecule has 1 atom stereocenters. The van der Waals surface area contributed by atoms with Crippen LogP contribution >= 0.6 is 0 Å². The molecule has 0 bridgehead atoms. The monoisotopic (exact) mass is 350 g/mol. The molecular weight excluding hydrogens is 336 g/mol. The van der Waals surface area contributed by atoms with Gasteiger partial charge < -0.3 is 4.74 Å². The lowest BCUT2D eigenvalue weighted by Crippen LogP contribution is -2.57. The maximum absolute atomic E-state index is 13.7. The van der Waals surface area contributed by atoms with E-state index in [9.17, 15) is 35.6 Å². The molecule has 1 aliphatic heterocycles. The SMILES string of the molecule is CC(C)(C)OC(=O)C(F)(F)C(F)(F)C(=O)C1CCOS1(=O)=O. The van der Waals surface area contributed by atoms with Crippen LogP contribution in [0.4, 0.5) is 17.6 Å². The van der Waals surface area contributed by atoms with Crippen LogP contribution in [-0.2, 0) is 28.6 Å². The summed E-state index contributed by atoms with van der Waals surface area (Å²) in [5.41, 5.74) is -1.50. The summed E-state index contributed by atoms with van der Waals surface area (Å²) in [6.45, 7) is 2.91. The summed E-state index contributed by atoms with van der Waals surface area (Å²) < 4.78 is 85.3. The van der Waals surface area contributed by atoms with Gasteiger partial charge in [-0.05, 0) is 27.2 Å². The predicted molar refractivity (Wildman–Crippen MR) is 64.0 cm³/mol. The first-order chi connectivity index (χ1) is 9.63. The average molecular weight is 350 g/mol.